The Bertz CT molecular complexity index is 669. The molecule has 0 saturated heterocycles. The maximum Gasteiger partial charge on any atom is 0.308 e. The van der Waals surface area contributed by atoms with E-state index in [1.165, 1.54) is 25.4 Å². The van der Waals surface area contributed by atoms with Crippen molar-refractivity contribution in [2.75, 3.05) is 18.3 Å². The van der Waals surface area contributed by atoms with Crippen LogP contribution in [0.3, 0.4) is 0 Å². The molecule has 0 unspecified atom stereocenters. The van der Waals surface area contributed by atoms with Crippen molar-refractivity contribution < 1.29 is 14.3 Å². The molecule has 3 N–H and O–H groups in total. The van der Waals surface area contributed by atoms with Gasteiger partial charge in [0.25, 0.3) is 0 Å². The number of nitrogens with zero attached hydrogens (tertiary/aromatic N) is 2. The number of hydrogen-bond acceptors (Lipinski definition) is 8. The van der Waals surface area contributed by atoms with E-state index in [2.05, 4.69) is 15.5 Å². The third-order valence-corrected chi connectivity index (χ3v) is 3.10. The minimum absolute atomic E-state index is 0.340. The summed E-state index contributed by atoms with van der Waals surface area (Å²) in [4.78, 5) is 15.1. The molecule has 2 rings (SSSR count). The first-order chi connectivity index (χ1) is 10.1. The molecule has 7 nitrogen and oxygen atoms in total. The van der Waals surface area contributed by atoms with Gasteiger partial charge in [0, 0.05) is 12.3 Å². The van der Waals surface area contributed by atoms with Crippen LogP contribution in [0.4, 0.5) is 10.9 Å². The van der Waals surface area contributed by atoms with E-state index in [4.69, 9.17) is 15.2 Å². The average molecular weight is 306 g/mol. The number of benzene rings is 1. The summed E-state index contributed by atoms with van der Waals surface area (Å²) in [6.07, 6.45) is 1.57. The van der Waals surface area contributed by atoms with Crippen molar-refractivity contribution >= 4 is 34.5 Å². The van der Waals surface area contributed by atoms with Crippen LogP contribution in [0.2, 0.25) is 0 Å². The Morgan fingerprint density at radius 2 is 2.29 bits per heavy atom. The maximum absolute atomic E-state index is 11.1. The number of esters is 1. The number of nitrogens with two attached hydrogens (primary N) is 1. The van der Waals surface area contributed by atoms with E-state index in [9.17, 15) is 4.79 Å². The molecule has 2 aromatic rings. The summed E-state index contributed by atoms with van der Waals surface area (Å²) in [7, 11) is 1.50. The van der Waals surface area contributed by atoms with Gasteiger partial charge < -0.3 is 15.2 Å². The van der Waals surface area contributed by atoms with Gasteiger partial charge in [0.15, 0.2) is 11.5 Å². The van der Waals surface area contributed by atoms with Crippen LogP contribution in [0.1, 0.15) is 12.5 Å². The molecule has 1 aromatic carbocycles. The van der Waals surface area contributed by atoms with Crippen molar-refractivity contribution in [2.24, 2.45) is 5.10 Å². The molecule has 8 heteroatoms. The Balaban J connectivity index is 2.10. The molecule has 0 spiro atoms. The fraction of sp³-hybridized carbons (Fsp3) is 0.154. The van der Waals surface area contributed by atoms with Crippen LogP contribution in [0.5, 0.6) is 11.5 Å². The van der Waals surface area contributed by atoms with Gasteiger partial charge >= 0.3 is 5.97 Å². The van der Waals surface area contributed by atoms with E-state index in [1.807, 2.05) is 0 Å². The zero-order valence-electron chi connectivity index (χ0n) is 11.5. The van der Waals surface area contributed by atoms with E-state index < -0.39 is 5.97 Å². The summed E-state index contributed by atoms with van der Waals surface area (Å²) in [6, 6.07) is 5.13. The highest BCUT2D eigenvalue weighted by molar-refractivity contribution is 7.14. The molecule has 0 aliphatic rings. The largest absolute Gasteiger partial charge is 0.493 e. The molecule has 110 valence electrons. The van der Waals surface area contributed by atoms with Crippen LogP contribution in [0, 0.1) is 0 Å². The van der Waals surface area contributed by atoms with Gasteiger partial charge in [-0.2, -0.15) is 5.10 Å². The normalized spacial score (nSPS) is 10.6. The minimum atomic E-state index is -0.418. The van der Waals surface area contributed by atoms with Crippen LogP contribution in [-0.4, -0.2) is 24.3 Å². The van der Waals surface area contributed by atoms with Crippen molar-refractivity contribution in [3.63, 3.8) is 0 Å². The molecule has 0 amide bonds. The molecular weight excluding hydrogens is 292 g/mol. The van der Waals surface area contributed by atoms with Crippen molar-refractivity contribution in [3.05, 3.63) is 29.1 Å². The van der Waals surface area contributed by atoms with Crippen molar-refractivity contribution in [2.45, 2.75) is 6.92 Å². The van der Waals surface area contributed by atoms with Crippen LogP contribution < -0.4 is 20.6 Å². The Kier molecular flexibility index (Phi) is 4.72. The van der Waals surface area contributed by atoms with Gasteiger partial charge in [-0.25, -0.2) is 4.98 Å². The molecule has 21 heavy (non-hydrogen) atoms. The molecule has 0 atom stereocenters. The lowest BCUT2D eigenvalue weighted by atomic mass is 10.2. The van der Waals surface area contributed by atoms with Crippen molar-refractivity contribution in [1.82, 2.24) is 4.98 Å². The zero-order chi connectivity index (χ0) is 15.2. The summed E-state index contributed by atoms with van der Waals surface area (Å²) >= 11 is 1.35. The Morgan fingerprint density at radius 1 is 1.48 bits per heavy atom. The average Bonchev–Trinajstić information content (AvgIpc) is 2.84. The van der Waals surface area contributed by atoms with Crippen LogP contribution in [0.15, 0.2) is 28.7 Å². The van der Waals surface area contributed by atoms with Gasteiger partial charge in [0.1, 0.15) is 5.82 Å². The number of thiazole rings is 1. The monoisotopic (exact) mass is 306 g/mol. The molecule has 0 saturated carbocycles. The van der Waals surface area contributed by atoms with Gasteiger partial charge in [-0.05, 0) is 23.8 Å². The third kappa shape index (κ3) is 4.18. The molecule has 0 aliphatic heterocycles. The Hall–Kier alpha value is -2.61. The highest BCUT2D eigenvalue weighted by Crippen LogP contribution is 2.27. The predicted molar refractivity (Wildman–Crippen MR) is 82.0 cm³/mol. The summed E-state index contributed by atoms with van der Waals surface area (Å²) in [6.45, 7) is 1.33. The van der Waals surface area contributed by atoms with Crippen LogP contribution in [0.25, 0.3) is 0 Å². The molecule has 1 aromatic heterocycles. The lowest BCUT2D eigenvalue weighted by Gasteiger charge is -2.08. The number of ether oxygens (including phenoxy) is 2. The fourth-order valence-corrected chi connectivity index (χ4v) is 2.06. The molecule has 0 bridgehead atoms. The van der Waals surface area contributed by atoms with Gasteiger partial charge in [0.05, 0.1) is 13.3 Å². The van der Waals surface area contributed by atoms with Crippen molar-refractivity contribution in [3.8, 4) is 11.5 Å². The van der Waals surface area contributed by atoms with Crippen LogP contribution in [-0.2, 0) is 4.79 Å². The number of methoxy groups -OCH3 is 1. The van der Waals surface area contributed by atoms with Crippen molar-refractivity contribution in [1.29, 1.82) is 0 Å². The summed E-state index contributed by atoms with van der Waals surface area (Å²) in [5.74, 6) is 0.841. The third-order valence-electron chi connectivity index (χ3n) is 2.34. The summed E-state index contributed by atoms with van der Waals surface area (Å²) in [5.41, 5.74) is 9.01. The number of hydrogen-bond donors (Lipinski definition) is 2. The van der Waals surface area contributed by atoms with E-state index in [1.54, 1.807) is 29.8 Å². The van der Waals surface area contributed by atoms with Gasteiger partial charge in [-0.3, -0.25) is 10.2 Å². The number of carbonyl (C=O) groups is 1. The second kappa shape index (κ2) is 6.71. The van der Waals surface area contributed by atoms with Crippen LogP contribution >= 0.6 is 11.3 Å². The maximum atomic E-state index is 11.1. The van der Waals surface area contributed by atoms with Gasteiger partial charge in [-0.1, -0.05) is 0 Å². The number of nitrogens with one attached hydrogen (secondary N) is 1. The zero-order valence-corrected chi connectivity index (χ0v) is 12.3. The SMILES string of the molecule is COc1ccc(C=NNc2nc(N)cs2)cc1OC(C)=O. The predicted octanol–water partition coefficient (Wildman–Crippen LogP) is 2.11. The quantitative estimate of drug-likeness (QED) is 0.380. The molecule has 0 fully saturated rings. The Labute approximate surface area is 125 Å². The number of rotatable bonds is 5. The highest BCUT2D eigenvalue weighted by Gasteiger charge is 2.07. The summed E-state index contributed by atoms with van der Waals surface area (Å²) < 4.78 is 10.2. The molecule has 0 radical (unpaired) electrons. The number of anilines is 2. The first kappa shape index (κ1) is 14.8. The lowest BCUT2D eigenvalue weighted by molar-refractivity contribution is -0.132. The van der Waals surface area contributed by atoms with E-state index in [0.717, 1.165) is 5.56 Å². The molecule has 0 aliphatic carbocycles. The van der Waals surface area contributed by atoms with E-state index in [-0.39, 0.29) is 0 Å². The first-order valence-electron chi connectivity index (χ1n) is 5.95. The number of carbonyl (C=O) groups excluding carboxylic acids is 1. The van der Waals surface area contributed by atoms with Gasteiger partial charge in [0.2, 0.25) is 5.13 Å². The summed E-state index contributed by atoms with van der Waals surface area (Å²) in [5, 5.41) is 6.34. The van der Waals surface area contributed by atoms with E-state index >= 15 is 0 Å². The second-order valence-corrected chi connectivity index (χ2v) is 4.81. The Morgan fingerprint density at radius 3 is 2.90 bits per heavy atom. The number of aromatic nitrogens is 1. The smallest absolute Gasteiger partial charge is 0.308 e. The first-order valence-corrected chi connectivity index (χ1v) is 6.83. The minimum Gasteiger partial charge on any atom is -0.493 e. The number of nitrogen functional groups attached to an aromatic ring is 1. The number of hydrazone groups is 1. The highest BCUT2D eigenvalue weighted by atomic mass is 32.1. The molecule has 1 heterocycles. The van der Waals surface area contributed by atoms with Gasteiger partial charge in [-0.15, -0.1) is 11.3 Å². The lowest BCUT2D eigenvalue weighted by Crippen LogP contribution is -2.03. The standard InChI is InChI=1S/C13H14N4O3S/c1-8(18)20-11-5-9(3-4-10(11)19-2)6-15-17-13-16-12(14)7-21-13/h3-7H,14H2,1-2H3,(H,16,17). The van der Waals surface area contributed by atoms with E-state index in [0.29, 0.717) is 22.4 Å². The fourth-order valence-electron chi connectivity index (χ4n) is 1.51. The second-order valence-electron chi connectivity index (χ2n) is 3.95. The topological polar surface area (TPSA) is 98.8 Å². The molecular formula is C13H14N4O3S.